The number of carbonyl (C=O) groups is 2. The van der Waals surface area contributed by atoms with Gasteiger partial charge in [-0.1, -0.05) is 12.1 Å². The fourth-order valence-electron chi connectivity index (χ4n) is 3.56. The van der Waals surface area contributed by atoms with Crippen molar-refractivity contribution in [2.75, 3.05) is 33.4 Å². The monoisotopic (exact) mass is 451 g/mol. The van der Waals surface area contributed by atoms with E-state index in [-0.39, 0.29) is 37.9 Å². The van der Waals surface area contributed by atoms with Crippen molar-refractivity contribution in [2.24, 2.45) is 0 Å². The summed E-state index contributed by atoms with van der Waals surface area (Å²) in [6, 6.07) is 5.41. The van der Waals surface area contributed by atoms with E-state index in [1.807, 2.05) is 26.0 Å². The van der Waals surface area contributed by atoms with E-state index in [0.717, 1.165) is 18.4 Å². The van der Waals surface area contributed by atoms with Gasteiger partial charge in [0.1, 0.15) is 18.5 Å². The summed E-state index contributed by atoms with van der Waals surface area (Å²) in [6.45, 7) is 4.32. The van der Waals surface area contributed by atoms with Crippen molar-refractivity contribution < 1.29 is 29.4 Å². The van der Waals surface area contributed by atoms with Crippen LogP contribution < -0.4 is 10.1 Å². The Kier molecular flexibility index (Phi) is 9.40. The first kappa shape index (κ1) is 25.5. The zero-order valence-corrected chi connectivity index (χ0v) is 19.0. The third kappa shape index (κ3) is 8.08. The Morgan fingerprint density at radius 3 is 2.84 bits per heavy atom. The highest BCUT2D eigenvalue weighted by Crippen LogP contribution is 2.29. The smallest absolute Gasteiger partial charge is 0.294 e. The Bertz CT molecular complexity index is 813. The van der Waals surface area contributed by atoms with Gasteiger partial charge in [-0.05, 0) is 39.2 Å². The highest BCUT2D eigenvalue weighted by Gasteiger charge is 2.25. The molecule has 2 rings (SSSR count). The first-order chi connectivity index (χ1) is 15.1. The molecule has 10 heteroatoms. The van der Waals surface area contributed by atoms with Crippen LogP contribution in [-0.4, -0.2) is 71.8 Å². The molecule has 0 spiro atoms. The van der Waals surface area contributed by atoms with E-state index in [1.165, 1.54) is 4.90 Å². The zero-order valence-electron chi connectivity index (χ0n) is 19.0. The fraction of sp³-hybridized carbons (Fsp3) is 0.636. The number of amides is 1. The van der Waals surface area contributed by atoms with Crippen molar-refractivity contribution in [1.29, 1.82) is 0 Å². The number of Topliss-reactive ketones (excluding diaryl/α,β-unsaturated/α-hetero) is 1. The number of ether oxygens (including phenoxy) is 1. The van der Waals surface area contributed by atoms with Gasteiger partial charge in [0.15, 0.2) is 5.78 Å². The lowest BCUT2D eigenvalue weighted by Crippen LogP contribution is -2.48. The largest absolute Gasteiger partial charge is 0.491 e. The molecule has 1 aromatic carbocycles. The summed E-state index contributed by atoms with van der Waals surface area (Å²) in [5, 5.41) is 22.8. The molecule has 178 valence electrons. The first-order valence-corrected chi connectivity index (χ1v) is 10.8. The summed E-state index contributed by atoms with van der Waals surface area (Å²) in [5.74, 6) is 0.641. The number of fused-ring (bicyclic) bond motifs is 1. The second kappa shape index (κ2) is 11.8. The summed E-state index contributed by atoms with van der Waals surface area (Å²) in [7, 11) is 1.64. The van der Waals surface area contributed by atoms with E-state index in [2.05, 4.69) is 10.2 Å². The van der Waals surface area contributed by atoms with Crippen LogP contribution in [-0.2, 0) is 16.1 Å². The molecule has 0 aliphatic heterocycles. The second-order valence-electron chi connectivity index (χ2n) is 8.69. The first-order valence-electron chi connectivity index (χ1n) is 10.8. The molecule has 0 saturated heterocycles. The standard InChI is InChI=1S/C22H33N3O7/c1-22(2,13-21(28)24(3)11-6-12-32-25(29)30)23-14-16(26)15-31-20-10-5-7-17-18(20)8-4-9-19(17)27/h5,7,10,16,23,26H,4,6,8-9,11-15H2,1-3H3. The second-order valence-corrected chi connectivity index (χ2v) is 8.69. The van der Waals surface area contributed by atoms with Gasteiger partial charge in [0, 0.05) is 49.6 Å². The van der Waals surface area contributed by atoms with Crippen molar-refractivity contribution in [1.82, 2.24) is 10.2 Å². The molecule has 1 aromatic rings. The van der Waals surface area contributed by atoms with Crippen molar-refractivity contribution in [3.63, 3.8) is 0 Å². The van der Waals surface area contributed by atoms with Crippen LogP contribution in [0.1, 0.15) is 55.5 Å². The lowest BCUT2D eigenvalue weighted by molar-refractivity contribution is -0.757. The molecule has 0 bridgehead atoms. The summed E-state index contributed by atoms with van der Waals surface area (Å²) in [5.41, 5.74) is 1.04. The third-order valence-electron chi connectivity index (χ3n) is 5.37. The van der Waals surface area contributed by atoms with Crippen molar-refractivity contribution in [3.05, 3.63) is 39.4 Å². The molecule has 1 aliphatic rings. The molecular formula is C22H33N3O7. The fourth-order valence-corrected chi connectivity index (χ4v) is 3.56. The number of aliphatic hydroxyl groups is 1. The molecule has 0 heterocycles. The Morgan fingerprint density at radius 2 is 2.12 bits per heavy atom. The van der Waals surface area contributed by atoms with Crippen LogP contribution in [0.15, 0.2) is 18.2 Å². The van der Waals surface area contributed by atoms with Gasteiger partial charge in [-0.25, -0.2) is 0 Å². The number of carbonyl (C=O) groups excluding carboxylic acids is 2. The number of benzene rings is 1. The van der Waals surface area contributed by atoms with Crippen LogP contribution in [0, 0.1) is 10.1 Å². The maximum Gasteiger partial charge on any atom is 0.294 e. The van der Waals surface area contributed by atoms with Crippen LogP contribution in [0.3, 0.4) is 0 Å². The Morgan fingerprint density at radius 1 is 1.38 bits per heavy atom. The number of ketones is 1. The average molecular weight is 452 g/mol. The molecule has 0 radical (unpaired) electrons. The van der Waals surface area contributed by atoms with Crippen LogP contribution in [0.2, 0.25) is 0 Å². The van der Waals surface area contributed by atoms with E-state index in [4.69, 9.17) is 4.74 Å². The van der Waals surface area contributed by atoms with Gasteiger partial charge in [-0.2, -0.15) is 0 Å². The predicted octanol–water partition coefficient (Wildman–Crippen LogP) is 1.76. The quantitative estimate of drug-likeness (QED) is 0.263. The summed E-state index contributed by atoms with van der Waals surface area (Å²) in [6.07, 6.45) is 1.90. The van der Waals surface area contributed by atoms with Gasteiger partial charge in [-0.15, -0.1) is 10.1 Å². The van der Waals surface area contributed by atoms with Gasteiger partial charge in [0.25, 0.3) is 5.09 Å². The van der Waals surface area contributed by atoms with Crippen molar-refractivity contribution in [2.45, 2.75) is 57.6 Å². The minimum Gasteiger partial charge on any atom is -0.491 e. The van der Waals surface area contributed by atoms with E-state index < -0.39 is 16.7 Å². The van der Waals surface area contributed by atoms with Crippen molar-refractivity contribution >= 4 is 11.7 Å². The molecular weight excluding hydrogens is 418 g/mol. The summed E-state index contributed by atoms with van der Waals surface area (Å²) in [4.78, 5) is 40.3. The number of nitrogens with zero attached hydrogens (tertiary/aromatic N) is 2. The number of hydrogen-bond acceptors (Lipinski definition) is 8. The Labute approximate surface area is 188 Å². The van der Waals surface area contributed by atoms with Gasteiger partial charge < -0.3 is 24.9 Å². The molecule has 32 heavy (non-hydrogen) atoms. The topological polar surface area (TPSA) is 131 Å². The predicted molar refractivity (Wildman–Crippen MR) is 117 cm³/mol. The highest BCUT2D eigenvalue weighted by atomic mass is 16.9. The molecule has 1 atom stereocenters. The lowest BCUT2D eigenvalue weighted by atomic mass is 9.90. The number of rotatable bonds is 13. The summed E-state index contributed by atoms with van der Waals surface area (Å²) < 4.78 is 5.79. The number of hydrogen-bond donors (Lipinski definition) is 2. The van der Waals surface area contributed by atoms with Crippen LogP contribution in [0.25, 0.3) is 0 Å². The average Bonchev–Trinajstić information content (AvgIpc) is 2.73. The molecule has 1 amide bonds. The molecule has 10 nitrogen and oxygen atoms in total. The van der Waals surface area contributed by atoms with Crippen LogP contribution in [0.4, 0.5) is 0 Å². The Balaban J connectivity index is 1.75. The maximum atomic E-state index is 12.4. The molecule has 2 N–H and O–H groups in total. The lowest BCUT2D eigenvalue weighted by Gasteiger charge is -2.29. The number of aliphatic hydroxyl groups excluding tert-OH is 1. The summed E-state index contributed by atoms with van der Waals surface area (Å²) >= 11 is 0. The van der Waals surface area contributed by atoms with Crippen molar-refractivity contribution in [3.8, 4) is 5.75 Å². The van der Waals surface area contributed by atoms with E-state index >= 15 is 0 Å². The number of β-amino-alcohol motifs (C(OH)–C–C–N with tert-alkyl or cyclic N) is 1. The zero-order chi connectivity index (χ0) is 23.7. The van der Waals surface area contributed by atoms with Gasteiger partial charge in [0.05, 0.1) is 6.61 Å². The molecule has 1 unspecified atom stereocenters. The minimum atomic E-state index is -0.851. The highest BCUT2D eigenvalue weighted by molar-refractivity contribution is 5.99. The van der Waals surface area contributed by atoms with E-state index in [1.54, 1.807) is 13.1 Å². The van der Waals surface area contributed by atoms with Crippen LogP contribution in [0.5, 0.6) is 5.75 Å². The third-order valence-corrected chi connectivity index (χ3v) is 5.37. The number of nitrogens with one attached hydrogen (secondary N) is 1. The van der Waals surface area contributed by atoms with Gasteiger partial charge in [0.2, 0.25) is 5.91 Å². The van der Waals surface area contributed by atoms with E-state index in [0.29, 0.717) is 30.7 Å². The van der Waals surface area contributed by atoms with Gasteiger partial charge in [-0.3, -0.25) is 9.59 Å². The maximum absolute atomic E-state index is 12.4. The normalized spacial score (nSPS) is 14.4. The van der Waals surface area contributed by atoms with E-state index in [9.17, 15) is 24.8 Å². The Hall–Kier alpha value is -2.72. The molecule has 1 aliphatic carbocycles. The van der Waals surface area contributed by atoms with Crippen LogP contribution >= 0.6 is 0 Å². The molecule has 0 aromatic heterocycles. The SMILES string of the molecule is CN(CCCO[N+](=O)[O-])C(=O)CC(C)(C)NCC(O)COc1cccc2c1CCCC2=O. The van der Waals surface area contributed by atoms with Gasteiger partial charge >= 0.3 is 0 Å². The minimum absolute atomic E-state index is 0.0583. The molecule has 0 fully saturated rings. The molecule has 0 saturated carbocycles.